The third kappa shape index (κ3) is 5.99. The Kier molecular flexibility index (Phi) is 8.19. The van der Waals surface area contributed by atoms with Crippen LogP contribution in [0.5, 0.6) is 0 Å². The number of aryl methyl sites for hydroxylation is 1. The molecule has 27 heavy (non-hydrogen) atoms. The quantitative estimate of drug-likeness (QED) is 0.384. The van der Waals surface area contributed by atoms with Gasteiger partial charge < -0.3 is 20.6 Å². The van der Waals surface area contributed by atoms with Crippen molar-refractivity contribution in [1.82, 2.24) is 4.90 Å². The van der Waals surface area contributed by atoms with Gasteiger partial charge in [0, 0.05) is 36.9 Å². The predicted octanol–water partition coefficient (Wildman–Crippen LogP) is 3.44. The number of aliphatic imine (C=N–C) groups is 1. The number of guanidine groups is 1. The van der Waals surface area contributed by atoms with Crippen molar-refractivity contribution in [2.24, 2.45) is 10.7 Å². The molecule has 3 N–H and O–H groups in total. The van der Waals surface area contributed by atoms with Gasteiger partial charge >= 0.3 is 0 Å². The lowest BCUT2D eigenvalue weighted by Gasteiger charge is -2.36. The minimum Gasteiger partial charge on any atom is -0.386 e. The Morgan fingerprint density at radius 2 is 1.67 bits per heavy atom. The molecule has 0 bridgehead atoms. The van der Waals surface area contributed by atoms with Crippen molar-refractivity contribution >= 4 is 47.2 Å². The molecule has 0 spiro atoms. The fraction of sp³-hybridized carbons (Fsp3) is 0.350. The average molecular weight is 501 g/mol. The third-order valence-electron chi connectivity index (χ3n) is 4.68. The summed E-state index contributed by atoms with van der Waals surface area (Å²) in [6.45, 7) is 5.65. The summed E-state index contributed by atoms with van der Waals surface area (Å²) in [4.78, 5) is 8.76. The maximum atomic E-state index is 10.3. The molecule has 5 nitrogen and oxygen atoms in total. The molecule has 2 aromatic carbocycles. The Morgan fingerprint density at radius 1 is 1.07 bits per heavy atom. The van der Waals surface area contributed by atoms with Crippen LogP contribution < -0.4 is 10.6 Å². The first kappa shape index (κ1) is 21.8. The van der Waals surface area contributed by atoms with Crippen LogP contribution in [0.4, 0.5) is 5.69 Å². The molecule has 146 valence electrons. The van der Waals surface area contributed by atoms with E-state index >= 15 is 0 Å². The lowest BCUT2D eigenvalue weighted by Crippen LogP contribution is -2.51. The van der Waals surface area contributed by atoms with E-state index in [1.54, 1.807) is 0 Å². The summed E-state index contributed by atoms with van der Waals surface area (Å²) >= 11 is 5.95. The number of aliphatic hydroxyl groups excluding tert-OH is 1. The molecule has 1 atom stereocenters. The largest absolute Gasteiger partial charge is 0.386 e. The molecule has 0 radical (unpaired) electrons. The lowest BCUT2D eigenvalue weighted by molar-refractivity contribution is 0.186. The fourth-order valence-electron chi connectivity index (χ4n) is 3.02. The fourth-order valence-corrected chi connectivity index (χ4v) is 3.15. The van der Waals surface area contributed by atoms with Crippen LogP contribution in [-0.4, -0.2) is 48.7 Å². The van der Waals surface area contributed by atoms with Crippen molar-refractivity contribution in [3.8, 4) is 0 Å². The molecular formula is C20H26ClIN4O. The first-order valence-corrected chi connectivity index (χ1v) is 9.21. The number of anilines is 1. The number of rotatable bonds is 4. The van der Waals surface area contributed by atoms with E-state index in [1.165, 1.54) is 11.3 Å². The summed E-state index contributed by atoms with van der Waals surface area (Å²) in [6.07, 6.45) is -0.635. The zero-order valence-corrected chi connectivity index (χ0v) is 18.5. The monoisotopic (exact) mass is 500 g/mol. The summed E-state index contributed by atoms with van der Waals surface area (Å²) in [5.74, 6) is 0.493. The van der Waals surface area contributed by atoms with Crippen molar-refractivity contribution in [3.05, 3.63) is 64.7 Å². The van der Waals surface area contributed by atoms with Crippen LogP contribution in [0.3, 0.4) is 0 Å². The topological polar surface area (TPSA) is 65.1 Å². The van der Waals surface area contributed by atoms with Crippen molar-refractivity contribution in [3.63, 3.8) is 0 Å². The molecule has 0 saturated carbocycles. The Hall–Kier alpha value is -1.51. The van der Waals surface area contributed by atoms with Gasteiger partial charge in [0.25, 0.3) is 0 Å². The molecule has 1 saturated heterocycles. The van der Waals surface area contributed by atoms with E-state index < -0.39 is 6.10 Å². The summed E-state index contributed by atoms with van der Waals surface area (Å²) in [5.41, 5.74) is 9.33. The van der Waals surface area contributed by atoms with Gasteiger partial charge in [-0.3, -0.25) is 4.99 Å². The minimum atomic E-state index is -0.635. The molecule has 7 heteroatoms. The van der Waals surface area contributed by atoms with Crippen LogP contribution in [0.1, 0.15) is 17.2 Å². The third-order valence-corrected chi connectivity index (χ3v) is 4.94. The maximum Gasteiger partial charge on any atom is 0.191 e. The first-order valence-electron chi connectivity index (χ1n) is 8.83. The molecule has 0 aliphatic carbocycles. The van der Waals surface area contributed by atoms with Crippen LogP contribution in [0, 0.1) is 6.92 Å². The number of benzene rings is 2. The van der Waals surface area contributed by atoms with Crippen LogP contribution >= 0.6 is 35.6 Å². The molecule has 3 rings (SSSR count). The minimum absolute atomic E-state index is 0. The average Bonchev–Trinajstić information content (AvgIpc) is 2.67. The molecule has 1 heterocycles. The van der Waals surface area contributed by atoms with Gasteiger partial charge in [-0.25, -0.2) is 0 Å². The maximum absolute atomic E-state index is 10.3. The number of aliphatic hydroxyl groups is 1. The number of nitrogens with zero attached hydrogens (tertiary/aromatic N) is 3. The van der Waals surface area contributed by atoms with Crippen molar-refractivity contribution in [2.45, 2.75) is 13.0 Å². The van der Waals surface area contributed by atoms with Gasteiger partial charge in [-0.05, 0) is 36.8 Å². The Balaban J connectivity index is 0.00000261. The van der Waals surface area contributed by atoms with Crippen molar-refractivity contribution in [2.75, 3.05) is 37.6 Å². The molecule has 1 unspecified atom stereocenters. The number of nitrogens with two attached hydrogens (primary N) is 1. The van der Waals surface area contributed by atoms with Crippen molar-refractivity contribution in [1.29, 1.82) is 0 Å². The number of hydrogen-bond acceptors (Lipinski definition) is 3. The van der Waals surface area contributed by atoms with E-state index in [1.807, 2.05) is 55.5 Å². The Labute approximate surface area is 182 Å². The van der Waals surface area contributed by atoms with Gasteiger partial charge in [0.1, 0.15) is 0 Å². The molecule has 2 aromatic rings. The van der Waals surface area contributed by atoms with Gasteiger partial charge in [-0.1, -0.05) is 41.4 Å². The van der Waals surface area contributed by atoms with Crippen LogP contribution in [0.15, 0.2) is 53.5 Å². The zero-order chi connectivity index (χ0) is 18.5. The van der Waals surface area contributed by atoms with E-state index in [9.17, 15) is 5.11 Å². The van der Waals surface area contributed by atoms with E-state index in [2.05, 4.69) is 14.8 Å². The number of hydrogen-bond donors (Lipinski definition) is 2. The van der Waals surface area contributed by atoms with E-state index in [-0.39, 0.29) is 30.5 Å². The lowest BCUT2D eigenvalue weighted by atomic mass is 10.1. The van der Waals surface area contributed by atoms with E-state index in [0.29, 0.717) is 5.96 Å². The highest BCUT2D eigenvalue weighted by Gasteiger charge is 2.19. The normalized spacial score (nSPS) is 16.0. The molecular weight excluding hydrogens is 475 g/mol. The molecule has 0 aromatic heterocycles. The molecule has 1 aliphatic rings. The SMILES string of the molecule is Cc1ccc(C(O)CN=C(N)N2CCN(c3ccc(Cl)cc3)CC2)cc1.I. The van der Waals surface area contributed by atoms with Gasteiger partial charge in [-0.2, -0.15) is 0 Å². The van der Waals surface area contributed by atoms with Gasteiger partial charge in [0.15, 0.2) is 5.96 Å². The number of halogens is 2. The summed E-state index contributed by atoms with van der Waals surface area (Å²) in [6, 6.07) is 15.7. The Bertz CT molecular complexity index is 744. The molecule has 0 amide bonds. The summed E-state index contributed by atoms with van der Waals surface area (Å²) in [5, 5.41) is 11.0. The highest BCUT2D eigenvalue weighted by Crippen LogP contribution is 2.19. The second-order valence-electron chi connectivity index (χ2n) is 6.58. The van der Waals surface area contributed by atoms with Crippen LogP contribution in [-0.2, 0) is 0 Å². The van der Waals surface area contributed by atoms with E-state index in [4.69, 9.17) is 17.3 Å². The summed E-state index contributed by atoms with van der Waals surface area (Å²) in [7, 11) is 0. The molecule has 1 aliphatic heterocycles. The predicted molar refractivity (Wildman–Crippen MR) is 123 cm³/mol. The Morgan fingerprint density at radius 3 is 2.26 bits per heavy atom. The highest BCUT2D eigenvalue weighted by atomic mass is 127. The highest BCUT2D eigenvalue weighted by molar-refractivity contribution is 14.0. The van der Waals surface area contributed by atoms with Gasteiger partial charge in [-0.15, -0.1) is 24.0 Å². The molecule has 1 fully saturated rings. The van der Waals surface area contributed by atoms with Gasteiger partial charge in [0.2, 0.25) is 0 Å². The van der Waals surface area contributed by atoms with Crippen LogP contribution in [0.2, 0.25) is 5.02 Å². The summed E-state index contributed by atoms with van der Waals surface area (Å²) < 4.78 is 0. The van der Waals surface area contributed by atoms with Crippen molar-refractivity contribution < 1.29 is 5.11 Å². The zero-order valence-electron chi connectivity index (χ0n) is 15.4. The van der Waals surface area contributed by atoms with Crippen LogP contribution in [0.25, 0.3) is 0 Å². The van der Waals surface area contributed by atoms with Gasteiger partial charge in [0.05, 0.1) is 12.6 Å². The number of piperazine rings is 1. The first-order chi connectivity index (χ1) is 12.5. The second-order valence-corrected chi connectivity index (χ2v) is 7.01. The second kappa shape index (κ2) is 10.1. The standard InChI is InChI=1S/C20H25ClN4O.HI/c1-15-2-4-16(5-3-15)19(26)14-23-20(22)25-12-10-24(11-13-25)18-8-6-17(21)7-9-18;/h2-9,19,26H,10-14H2,1H3,(H2,22,23);1H. The van der Waals surface area contributed by atoms with E-state index in [0.717, 1.165) is 36.8 Å². The smallest absolute Gasteiger partial charge is 0.191 e.